The second-order valence-electron chi connectivity index (χ2n) is 26.3. The Labute approximate surface area is 569 Å². The first kappa shape index (κ1) is 74.0. The standard InChI is InChI=1S/C76H94N6O15/c1-49(2)39-57(79-70(84)58(41-51-27-15-9-16-28-51)80-73(87)68-66(94-48-56-37-25-14-26-38-56)64(92-46-54-33-21-12-22-34-54)62(96-68)44-78-75(89)97-76(5,6)7)69(83)77-43-61-63(91-45-53-31-19-11-20-32-53)65(93-47-55-35-23-13-24-36-55)67(95-61)72(86)81-59(42-52-29-17-10-18-30-52)71(85)82-60(40-50(3)4)74(88)90-8/h9-38,49-50,57-68H,39-48H2,1-8H3,(H,77,83)(H,78,89)(H,79,84)(H,80,87)(H,81,86)(H,82,85)/t57-,58-,59-,60-,61+,62+,63+,64+,65-,66-,67-,68-/m0/s1. The van der Waals surface area contributed by atoms with Gasteiger partial charge in [-0.3, -0.25) is 24.0 Å². The van der Waals surface area contributed by atoms with Gasteiger partial charge in [-0.2, -0.15) is 0 Å². The molecule has 0 aromatic heterocycles. The second-order valence-corrected chi connectivity index (χ2v) is 26.3. The third kappa shape index (κ3) is 23.5. The molecule has 97 heavy (non-hydrogen) atoms. The highest BCUT2D eigenvalue weighted by Crippen LogP contribution is 2.32. The predicted molar refractivity (Wildman–Crippen MR) is 364 cm³/mol. The van der Waals surface area contributed by atoms with Crippen LogP contribution in [0.3, 0.4) is 0 Å². The lowest BCUT2D eigenvalue weighted by atomic mass is 10.00. The van der Waals surface area contributed by atoms with Gasteiger partial charge in [0.2, 0.25) is 17.7 Å². The number of carbonyl (C=O) groups excluding carboxylic acids is 7. The molecule has 21 heteroatoms. The highest BCUT2D eigenvalue weighted by atomic mass is 16.6. The van der Waals surface area contributed by atoms with E-state index in [2.05, 4.69) is 31.9 Å². The number of methoxy groups -OCH3 is 1. The lowest BCUT2D eigenvalue weighted by Crippen LogP contribution is -2.57. The van der Waals surface area contributed by atoms with Gasteiger partial charge in [0.25, 0.3) is 11.8 Å². The molecule has 2 aliphatic heterocycles. The van der Waals surface area contributed by atoms with Crippen LogP contribution in [-0.4, -0.2) is 140 Å². The number of nitrogens with one attached hydrogen (secondary N) is 6. The molecule has 12 atom stereocenters. The molecule has 2 heterocycles. The molecule has 8 rings (SSSR count). The maximum atomic E-state index is 15.2. The molecule has 0 aliphatic carbocycles. The van der Waals surface area contributed by atoms with Crippen LogP contribution in [0, 0.1) is 11.8 Å². The molecule has 0 spiro atoms. The zero-order chi connectivity index (χ0) is 69.3. The number of hydrogen-bond donors (Lipinski definition) is 6. The topological polar surface area (TPSA) is 266 Å². The van der Waals surface area contributed by atoms with Crippen LogP contribution in [0.15, 0.2) is 182 Å². The van der Waals surface area contributed by atoms with Crippen molar-refractivity contribution in [3.8, 4) is 0 Å². The molecule has 6 amide bonds. The van der Waals surface area contributed by atoms with Gasteiger partial charge in [0, 0.05) is 25.9 Å². The summed E-state index contributed by atoms with van der Waals surface area (Å²) in [5, 5.41) is 17.5. The third-order valence-corrected chi connectivity index (χ3v) is 16.3. The molecule has 21 nitrogen and oxygen atoms in total. The van der Waals surface area contributed by atoms with Gasteiger partial charge in [-0.25, -0.2) is 9.59 Å². The highest BCUT2D eigenvalue weighted by Gasteiger charge is 2.52. The van der Waals surface area contributed by atoms with E-state index < -0.39 is 120 Å². The normalized spacial score (nSPS) is 20.4. The van der Waals surface area contributed by atoms with Crippen molar-refractivity contribution in [3.05, 3.63) is 215 Å². The Hall–Kier alpha value is -8.83. The highest BCUT2D eigenvalue weighted by molar-refractivity contribution is 5.94. The molecular formula is C76H94N6O15. The minimum atomic E-state index is -1.42. The molecular weight excluding hydrogens is 1240 g/mol. The summed E-state index contributed by atoms with van der Waals surface area (Å²) in [7, 11) is 1.25. The Morgan fingerprint density at radius 1 is 0.402 bits per heavy atom. The predicted octanol–water partition coefficient (Wildman–Crippen LogP) is 8.19. The maximum Gasteiger partial charge on any atom is 0.407 e. The number of alkyl carbamates (subject to hydrolysis) is 1. The van der Waals surface area contributed by atoms with Gasteiger partial charge >= 0.3 is 12.1 Å². The van der Waals surface area contributed by atoms with Crippen molar-refractivity contribution in [1.29, 1.82) is 0 Å². The zero-order valence-corrected chi connectivity index (χ0v) is 56.6. The molecule has 0 radical (unpaired) electrons. The van der Waals surface area contributed by atoms with Crippen LogP contribution >= 0.6 is 0 Å². The largest absolute Gasteiger partial charge is 0.467 e. The van der Waals surface area contributed by atoms with Crippen molar-refractivity contribution in [2.45, 2.75) is 179 Å². The molecule has 6 aromatic rings. The first-order chi connectivity index (χ1) is 46.7. The fourth-order valence-corrected chi connectivity index (χ4v) is 11.6. The average molecular weight is 1330 g/mol. The van der Waals surface area contributed by atoms with E-state index in [1.165, 1.54) is 7.11 Å². The summed E-state index contributed by atoms with van der Waals surface area (Å²) in [6.45, 7) is 12.8. The summed E-state index contributed by atoms with van der Waals surface area (Å²) in [5.41, 5.74) is 3.86. The molecule has 518 valence electrons. The first-order valence-corrected chi connectivity index (χ1v) is 33.2. The Balaban J connectivity index is 1.06. The van der Waals surface area contributed by atoms with Crippen LogP contribution in [0.1, 0.15) is 94.7 Å². The van der Waals surface area contributed by atoms with Crippen LogP contribution in [-0.2, 0) is 106 Å². The molecule has 0 saturated carbocycles. The summed E-state index contributed by atoms with van der Waals surface area (Å²) in [6.07, 6.45) is -9.19. The lowest BCUT2D eigenvalue weighted by molar-refractivity contribution is -0.146. The maximum absolute atomic E-state index is 15.2. The second kappa shape index (κ2) is 37.1. The molecule has 2 aliphatic rings. The van der Waals surface area contributed by atoms with Gasteiger partial charge < -0.3 is 69.8 Å². The Morgan fingerprint density at radius 2 is 0.722 bits per heavy atom. The van der Waals surface area contributed by atoms with Crippen LogP contribution in [0.5, 0.6) is 0 Å². The number of amides is 6. The Bertz CT molecular complexity index is 3420. The summed E-state index contributed by atoms with van der Waals surface area (Å²) >= 11 is 0. The monoisotopic (exact) mass is 1330 g/mol. The van der Waals surface area contributed by atoms with Crippen molar-refractivity contribution in [3.63, 3.8) is 0 Å². The van der Waals surface area contributed by atoms with Crippen molar-refractivity contribution >= 4 is 41.6 Å². The summed E-state index contributed by atoms with van der Waals surface area (Å²) in [5.74, 6) is -4.10. The lowest BCUT2D eigenvalue weighted by Gasteiger charge is -2.28. The molecule has 0 unspecified atom stereocenters. The SMILES string of the molecule is COC(=O)[C@H](CC(C)C)NC(=O)[C@H](Cc1ccccc1)NC(=O)[C@H]1O[C@H](CNC(=O)[C@H](CC(C)C)NC(=O)[C@H](Cc2ccccc2)NC(=O)[C@H]2O[C@H](CNC(=O)OC(C)(C)C)[C@@H](OCc3ccccc3)[C@@H]2OCc2ccccc2)[C@@H](OCc2ccccc2)[C@@H]1OCc1ccccc1. The smallest absolute Gasteiger partial charge is 0.407 e. The van der Waals surface area contributed by atoms with Gasteiger partial charge in [-0.05, 0) is 78.8 Å². The van der Waals surface area contributed by atoms with E-state index in [-0.39, 0.29) is 77.0 Å². The number of benzene rings is 6. The van der Waals surface area contributed by atoms with E-state index >= 15 is 14.4 Å². The quantitative estimate of drug-likeness (QED) is 0.0208. The minimum Gasteiger partial charge on any atom is -0.467 e. The minimum absolute atomic E-state index is 0.00317. The van der Waals surface area contributed by atoms with Crippen LogP contribution < -0.4 is 31.9 Å². The van der Waals surface area contributed by atoms with Gasteiger partial charge in [0.1, 0.15) is 66.4 Å². The number of hydrogen-bond acceptors (Lipinski definition) is 15. The number of esters is 1. The average Bonchev–Trinajstić information content (AvgIpc) is 1.66. The molecule has 2 fully saturated rings. The van der Waals surface area contributed by atoms with Gasteiger partial charge in [-0.15, -0.1) is 0 Å². The van der Waals surface area contributed by atoms with Crippen molar-refractivity contribution in [2.75, 3.05) is 20.2 Å². The Kier molecular flexibility index (Phi) is 28.3. The van der Waals surface area contributed by atoms with E-state index in [0.29, 0.717) is 5.56 Å². The summed E-state index contributed by atoms with van der Waals surface area (Å²) < 4.78 is 50.5. The van der Waals surface area contributed by atoms with Crippen LogP contribution in [0.25, 0.3) is 0 Å². The molecule has 2 saturated heterocycles. The van der Waals surface area contributed by atoms with Gasteiger partial charge in [0.15, 0.2) is 12.2 Å². The van der Waals surface area contributed by atoms with Gasteiger partial charge in [0.05, 0.1) is 33.5 Å². The summed E-state index contributed by atoms with van der Waals surface area (Å²) in [6, 6.07) is 51.1. The van der Waals surface area contributed by atoms with E-state index in [1.54, 1.807) is 20.8 Å². The summed E-state index contributed by atoms with van der Waals surface area (Å²) in [4.78, 5) is 101. The van der Waals surface area contributed by atoms with Crippen molar-refractivity contribution in [1.82, 2.24) is 31.9 Å². The van der Waals surface area contributed by atoms with E-state index in [0.717, 1.165) is 27.8 Å². The van der Waals surface area contributed by atoms with Gasteiger partial charge in [-0.1, -0.05) is 210 Å². The third-order valence-electron chi connectivity index (χ3n) is 16.3. The zero-order valence-electron chi connectivity index (χ0n) is 56.6. The first-order valence-electron chi connectivity index (χ1n) is 33.2. The molecule has 6 N–H and O–H groups in total. The van der Waals surface area contributed by atoms with E-state index in [1.807, 2.05) is 210 Å². The van der Waals surface area contributed by atoms with E-state index in [4.69, 9.17) is 37.9 Å². The van der Waals surface area contributed by atoms with Crippen LogP contribution in [0.4, 0.5) is 4.79 Å². The fourth-order valence-electron chi connectivity index (χ4n) is 11.6. The number of ether oxygens (including phenoxy) is 8. The fraction of sp³-hybridized carbons (Fsp3) is 0.434. The van der Waals surface area contributed by atoms with E-state index in [9.17, 15) is 19.2 Å². The molecule has 0 bridgehead atoms. The molecule has 6 aromatic carbocycles. The van der Waals surface area contributed by atoms with Crippen LogP contribution in [0.2, 0.25) is 0 Å². The van der Waals surface area contributed by atoms with Crippen molar-refractivity contribution < 1.29 is 71.5 Å². The number of rotatable bonds is 34. The Morgan fingerprint density at radius 3 is 1.06 bits per heavy atom. The number of carbonyl (C=O) groups is 7. The van der Waals surface area contributed by atoms with Crippen molar-refractivity contribution in [2.24, 2.45) is 11.8 Å².